The monoisotopic (exact) mass is 304 g/mol. The van der Waals surface area contributed by atoms with E-state index in [1.54, 1.807) is 12.1 Å². The Hall–Kier alpha value is -1.91. The van der Waals surface area contributed by atoms with Crippen molar-refractivity contribution in [1.82, 2.24) is 10.2 Å². The van der Waals surface area contributed by atoms with Crippen molar-refractivity contribution in [2.45, 2.75) is 45.2 Å². The average Bonchev–Trinajstić information content (AvgIpc) is 2.71. The molecule has 0 radical (unpaired) electrons. The molecule has 118 valence electrons. The van der Waals surface area contributed by atoms with Gasteiger partial charge in [-0.3, -0.25) is 9.69 Å². The second-order valence-corrected chi connectivity index (χ2v) is 6.55. The number of hydrogen-bond donors (Lipinski definition) is 1. The lowest BCUT2D eigenvalue weighted by atomic mass is 9.67. The Morgan fingerprint density at radius 1 is 1.27 bits per heavy atom. The van der Waals surface area contributed by atoms with Crippen LogP contribution in [0.4, 0.5) is 9.18 Å². The molecule has 2 fully saturated rings. The Bertz CT molecular complexity index is 606. The van der Waals surface area contributed by atoms with E-state index in [1.807, 2.05) is 13.8 Å². The quantitative estimate of drug-likeness (QED) is 0.854. The summed E-state index contributed by atoms with van der Waals surface area (Å²) in [7, 11) is 0. The summed E-state index contributed by atoms with van der Waals surface area (Å²) in [5.41, 5.74) is -0.167. The normalized spacial score (nSPS) is 31.7. The van der Waals surface area contributed by atoms with Gasteiger partial charge < -0.3 is 5.32 Å². The van der Waals surface area contributed by atoms with Gasteiger partial charge in [-0.1, -0.05) is 32.4 Å². The van der Waals surface area contributed by atoms with E-state index < -0.39 is 5.54 Å². The molecule has 4 nitrogen and oxygen atoms in total. The molecule has 1 N–H and O–H groups in total. The highest BCUT2D eigenvalue weighted by molar-refractivity contribution is 6.07. The van der Waals surface area contributed by atoms with Crippen molar-refractivity contribution in [3.05, 3.63) is 35.6 Å². The number of nitrogens with zero attached hydrogens (tertiary/aromatic N) is 1. The zero-order valence-electron chi connectivity index (χ0n) is 12.9. The first-order chi connectivity index (χ1) is 10.4. The Morgan fingerprint density at radius 2 is 1.95 bits per heavy atom. The molecule has 1 aliphatic carbocycles. The lowest BCUT2D eigenvalue weighted by Gasteiger charge is -2.42. The van der Waals surface area contributed by atoms with E-state index in [0.29, 0.717) is 5.56 Å². The molecule has 3 amide bonds. The highest BCUT2D eigenvalue weighted by Gasteiger charge is 2.58. The van der Waals surface area contributed by atoms with Crippen LogP contribution in [0.1, 0.15) is 38.7 Å². The highest BCUT2D eigenvalue weighted by atomic mass is 19.1. The lowest BCUT2D eigenvalue weighted by molar-refractivity contribution is -0.136. The third-order valence-corrected chi connectivity index (χ3v) is 5.22. The smallest absolute Gasteiger partial charge is 0.323 e. The minimum atomic E-state index is -0.789. The van der Waals surface area contributed by atoms with Crippen LogP contribution in [0.3, 0.4) is 0 Å². The van der Waals surface area contributed by atoms with Crippen LogP contribution in [0.5, 0.6) is 0 Å². The SMILES string of the molecule is CC1CCCC(C)C12NC(=O)N(Cc1cccc(F)c1)C2=O. The number of carbonyl (C=O) groups is 2. The van der Waals surface area contributed by atoms with Gasteiger partial charge in [-0.25, -0.2) is 9.18 Å². The molecular weight excluding hydrogens is 283 g/mol. The molecule has 1 saturated heterocycles. The molecule has 22 heavy (non-hydrogen) atoms. The second kappa shape index (κ2) is 5.38. The number of halogens is 1. The standard InChI is InChI=1S/C17H21FN2O2/c1-11-5-3-6-12(2)17(11)15(21)20(16(22)19-17)10-13-7-4-8-14(18)9-13/h4,7-9,11-12H,3,5-6,10H2,1-2H3,(H,19,22). The first-order valence-electron chi connectivity index (χ1n) is 7.83. The molecule has 5 heteroatoms. The number of nitrogens with one attached hydrogen (secondary N) is 1. The van der Waals surface area contributed by atoms with Gasteiger partial charge in [-0.15, -0.1) is 0 Å². The lowest BCUT2D eigenvalue weighted by Crippen LogP contribution is -2.58. The Morgan fingerprint density at radius 3 is 2.59 bits per heavy atom. The fourth-order valence-electron chi connectivity index (χ4n) is 3.91. The van der Waals surface area contributed by atoms with Crippen molar-refractivity contribution in [2.75, 3.05) is 0 Å². The zero-order chi connectivity index (χ0) is 15.9. The molecule has 1 saturated carbocycles. The summed E-state index contributed by atoms with van der Waals surface area (Å²) in [5.74, 6) is -0.296. The Kier molecular flexibility index (Phi) is 3.67. The molecule has 0 bridgehead atoms. The predicted octanol–water partition coefficient (Wildman–Crippen LogP) is 3.07. The first kappa shape index (κ1) is 15.0. The van der Waals surface area contributed by atoms with Crippen LogP contribution in [-0.2, 0) is 11.3 Å². The van der Waals surface area contributed by atoms with Gasteiger partial charge in [0, 0.05) is 0 Å². The Balaban J connectivity index is 1.88. The zero-order valence-corrected chi connectivity index (χ0v) is 12.9. The van der Waals surface area contributed by atoms with Crippen LogP contribution in [0.2, 0.25) is 0 Å². The van der Waals surface area contributed by atoms with Crippen molar-refractivity contribution in [2.24, 2.45) is 11.8 Å². The minimum absolute atomic E-state index is 0.115. The maximum absolute atomic E-state index is 13.3. The maximum Gasteiger partial charge on any atom is 0.325 e. The maximum atomic E-state index is 13.3. The molecule has 2 unspecified atom stereocenters. The fraction of sp³-hybridized carbons (Fsp3) is 0.529. The van der Waals surface area contributed by atoms with Crippen LogP contribution < -0.4 is 5.32 Å². The van der Waals surface area contributed by atoms with Crippen LogP contribution in [0.25, 0.3) is 0 Å². The molecule has 1 aromatic rings. The van der Waals surface area contributed by atoms with E-state index in [2.05, 4.69) is 5.32 Å². The Labute approximate surface area is 129 Å². The third kappa shape index (κ3) is 2.19. The van der Waals surface area contributed by atoms with Gasteiger partial charge in [0.1, 0.15) is 11.4 Å². The van der Waals surface area contributed by atoms with Gasteiger partial charge in [0.05, 0.1) is 6.54 Å². The van der Waals surface area contributed by atoms with Gasteiger partial charge in [0.25, 0.3) is 5.91 Å². The number of carbonyl (C=O) groups excluding carboxylic acids is 2. The number of imide groups is 1. The molecule has 1 aromatic carbocycles. The van der Waals surface area contributed by atoms with E-state index in [9.17, 15) is 14.0 Å². The summed E-state index contributed by atoms with van der Waals surface area (Å²) < 4.78 is 13.3. The number of urea groups is 1. The second-order valence-electron chi connectivity index (χ2n) is 6.55. The topological polar surface area (TPSA) is 49.4 Å². The molecule has 0 aromatic heterocycles. The predicted molar refractivity (Wildman–Crippen MR) is 80.4 cm³/mol. The van der Waals surface area contributed by atoms with Crippen LogP contribution >= 0.6 is 0 Å². The van der Waals surface area contributed by atoms with E-state index in [0.717, 1.165) is 19.3 Å². The van der Waals surface area contributed by atoms with Gasteiger partial charge in [0.15, 0.2) is 0 Å². The summed E-state index contributed by atoms with van der Waals surface area (Å²) in [6, 6.07) is 5.66. The van der Waals surface area contributed by atoms with Gasteiger partial charge in [-0.05, 0) is 42.4 Å². The number of benzene rings is 1. The summed E-state index contributed by atoms with van der Waals surface area (Å²) in [5, 5.41) is 2.95. The van der Waals surface area contributed by atoms with Crippen LogP contribution in [0.15, 0.2) is 24.3 Å². The van der Waals surface area contributed by atoms with E-state index >= 15 is 0 Å². The van der Waals surface area contributed by atoms with Crippen molar-refractivity contribution in [3.63, 3.8) is 0 Å². The van der Waals surface area contributed by atoms with Crippen molar-refractivity contribution in [1.29, 1.82) is 0 Å². The minimum Gasteiger partial charge on any atom is -0.323 e. The largest absolute Gasteiger partial charge is 0.325 e. The molecule has 2 aliphatic rings. The molecular formula is C17H21FN2O2. The molecule has 1 heterocycles. The van der Waals surface area contributed by atoms with Crippen molar-refractivity contribution >= 4 is 11.9 Å². The highest BCUT2D eigenvalue weighted by Crippen LogP contribution is 2.42. The fourth-order valence-corrected chi connectivity index (χ4v) is 3.91. The molecule has 1 aliphatic heterocycles. The first-order valence-corrected chi connectivity index (χ1v) is 7.83. The number of rotatable bonds is 2. The summed E-state index contributed by atoms with van der Waals surface area (Å²) in [6.45, 7) is 4.17. The molecule has 3 rings (SSSR count). The molecule has 2 atom stereocenters. The molecule has 1 spiro atoms. The van der Waals surface area contributed by atoms with Gasteiger partial charge in [0.2, 0.25) is 0 Å². The van der Waals surface area contributed by atoms with Crippen LogP contribution in [0, 0.1) is 17.7 Å². The van der Waals surface area contributed by atoms with Crippen molar-refractivity contribution < 1.29 is 14.0 Å². The summed E-state index contributed by atoms with van der Waals surface area (Å²) in [4.78, 5) is 26.5. The third-order valence-electron chi connectivity index (χ3n) is 5.22. The summed E-state index contributed by atoms with van der Waals surface area (Å²) >= 11 is 0. The van der Waals surface area contributed by atoms with Gasteiger partial charge in [-0.2, -0.15) is 0 Å². The number of amides is 3. The van der Waals surface area contributed by atoms with Gasteiger partial charge >= 0.3 is 6.03 Å². The van der Waals surface area contributed by atoms with E-state index in [-0.39, 0.29) is 36.1 Å². The average molecular weight is 304 g/mol. The van der Waals surface area contributed by atoms with Crippen molar-refractivity contribution in [3.8, 4) is 0 Å². The van der Waals surface area contributed by atoms with Crippen LogP contribution in [-0.4, -0.2) is 22.4 Å². The summed E-state index contributed by atoms with van der Waals surface area (Å²) in [6.07, 6.45) is 2.95. The van der Waals surface area contributed by atoms with E-state index in [4.69, 9.17) is 0 Å². The number of hydrogen-bond acceptors (Lipinski definition) is 2. The van der Waals surface area contributed by atoms with E-state index in [1.165, 1.54) is 17.0 Å².